The first kappa shape index (κ1) is 18.5. The van der Waals surface area contributed by atoms with E-state index in [9.17, 15) is 13.2 Å². The minimum Gasteiger partial charge on any atom is -0.478 e. The van der Waals surface area contributed by atoms with Crippen molar-refractivity contribution in [3.63, 3.8) is 0 Å². The minimum absolute atomic E-state index is 0.149. The van der Waals surface area contributed by atoms with Gasteiger partial charge in [0.15, 0.2) is 6.10 Å². The summed E-state index contributed by atoms with van der Waals surface area (Å²) in [4.78, 5) is 12.6. The molecule has 3 rings (SSSR count). The zero-order valence-corrected chi connectivity index (χ0v) is 16.0. The second-order valence-electron chi connectivity index (χ2n) is 6.17. The van der Waals surface area contributed by atoms with Gasteiger partial charge in [0.2, 0.25) is 10.0 Å². The molecule has 1 amide bonds. The molecule has 1 heterocycles. The molecule has 2 aromatic rings. The predicted octanol–water partition coefficient (Wildman–Crippen LogP) is 3.20. The summed E-state index contributed by atoms with van der Waals surface area (Å²) in [7, 11) is -3.49. The molecule has 0 saturated carbocycles. The zero-order valence-electron chi connectivity index (χ0n) is 14.4. The fraction of sp³-hybridized carbons (Fsp3) is 0.278. The lowest BCUT2D eigenvalue weighted by atomic mass is 10.2. The number of anilines is 2. The molecule has 1 aliphatic rings. The summed E-state index contributed by atoms with van der Waals surface area (Å²) < 4.78 is 31.5. The van der Waals surface area contributed by atoms with Gasteiger partial charge in [-0.15, -0.1) is 0 Å². The van der Waals surface area contributed by atoms with E-state index in [1.54, 1.807) is 36.4 Å². The van der Waals surface area contributed by atoms with E-state index in [1.807, 2.05) is 13.0 Å². The van der Waals surface area contributed by atoms with Crippen molar-refractivity contribution in [2.75, 3.05) is 22.4 Å². The fourth-order valence-electron chi connectivity index (χ4n) is 2.79. The van der Waals surface area contributed by atoms with Crippen LogP contribution in [0.25, 0.3) is 0 Å². The SMILES string of the molecule is Cc1ccc2c(c1)N(S(C)(=O)=O)CCC(C(=O)Nc1ccccc1Cl)O2. The number of halogens is 1. The van der Waals surface area contributed by atoms with E-state index in [0.29, 0.717) is 22.1 Å². The molecular formula is C18H19ClN2O4S. The highest BCUT2D eigenvalue weighted by atomic mass is 35.5. The third-order valence-corrected chi connectivity index (χ3v) is 5.58. The molecule has 6 nitrogen and oxygen atoms in total. The van der Waals surface area contributed by atoms with Crippen molar-refractivity contribution in [2.45, 2.75) is 19.4 Å². The highest BCUT2D eigenvalue weighted by molar-refractivity contribution is 7.92. The highest BCUT2D eigenvalue weighted by Crippen LogP contribution is 2.35. The summed E-state index contributed by atoms with van der Waals surface area (Å²) in [5.74, 6) is -0.0159. The lowest BCUT2D eigenvalue weighted by molar-refractivity contribution is -0.122. The number of benzene rings is 2. The van der Waals surface area contributed by atoms with E-state index in [2.05, 4.69) is 5.32 Å². The van der Waals surface area contributed by atoms with Crippen LogP contribution in [0.1, 0.15) is 12.0 Å². The van der Waals surface area contributed by atoms with Gasteiger partial charge in [0.05, 0.1) is 22.7 Å². The Bertz CT molecular complexity index is 946. The van der Waals surface area contributed by atoms with E-state index in [0.717, 1.165) is 11.8 Å². The summed E-state index contributed by atoms with van der Waals surface area (Å²) in [6.45, 7) is 2.02. The lowest BCUT2D eigenvalue weighted by Gasteiger charge is -2.21. The Hall–Kier alpha value is -2.25. The third kappa shape index (κ3) is 3.94. The van der Waals surface area contributed by atoms with Crippen LogP contribution in [0.5, 0.6) is 5.75 Å². The minimum atomic E-state index is -3.49. The fourth-order valence-corrected chi connectivity index (χ4v) is 3.91. The maximum Gasteiger partial charge on any atom is 0.265 e. The average molecular weight is 395 g/mol. The number of hydrogen-bond donors (Lipinski definition) is 1. The molecule has 1 unspecified atom stereocenters. The average Bonchev–Trinajstić information content (AvgIpc) is 2.76. The number of para-hydroxylation sites is 1. The van der Waals surface area contributed by atoms with Crippen molar-refractivity contribution >= 4 is 38.9 Å². The van der Waals surface area contributed by atoms with E-state index in [1.165, 1.54) is 4.31 Å². The van der Waals surface area contributed by atoms with Crippen LogP contribution in [0.15, 0.2) is 42.5 Å². The van der Waals surface area contributed by atoms with Crippen LogP contribution in [-0.2, 0) is 14.8 Å². The van der Waals surface area contributed by atoms with Crippen LogP contribution >= 0.6 is 11.6 Å². The number of aryl methyl sites for hydroxylation is 1. The number of hydrogen-bond acceptors (Lipinski definition) is 4. The Labute approximate surface area is 157 Å². The first-order chi connectivity index (χ1) is 12.3. The number of nitrogens with one attached hydrogen (secondary N) is 1. The van der Waals surface area contributed by atoms with Gasteiger partial charge in [-0.1, -0.05) is 29.8 Å². The van der Waals surface area contributed by atoms with Gasteiger partial charge in [0.1, 0.15) is 5.75 Å². The van der Waals surface area contributed by atoms with Gasteiger partial charge in [-0.25, -0.2) is 8.42 Å². The van der Waals surface area contributed by atoms with E-state index >= 15 is 0 Å². The van der Waals surface area contributed by atoms with Gasteiger partial charge in [0.25, 0.3) is 5.91 Å². The Kier molecular flexibility index (Phi) is 5.11. The van der Waals surface area contributed by atoms with Gasteiger partial charge in [-0.2, -0.15) is 0 Å². The molecule has 0 fully saturated rings. The van der Waals surface area contributed by atoms with Crippen LogP contribution in [0.4, 0.5) is 11.4 Å². The largest absolute Gasteiger partial charge is 0.478 e. The van der Waals surface area contributed by atoms with Crippen molar-refractivity contribution in [3.05, 3.63) is 53.1 Å². The molecule has 0 aromatic heterocycles. The summed E-state index contributed by atoms with van der Waals surface area (Å²) in [5, 5.41) is 3.16. The lowest BCUT2D eigenvalue weighted by Crippen LogP contribution is -2.36. The molecule has 1 N–H and O–H groups in total. The number of carbonyl (C=O) groups excluding carboxylic acids is 1. The number of sulfonamides is 1. The van der Waals surface area contributed by atoms with Crippen molar-refractivity contribution < 1.29 is 17.9 Å². The van der Waals surface area contributed by atoms with Crippen LogP contribution in [0.3, 0.4) is 0 Å². The van der Waals surface area contributed by atoms with Crippen LogP contribution in [-0.4, -0.2) is 33.2 Å². The van der Waals surface area contributed by atoms with Crippen molar-refractivity contribution in [1.82, 2.24) is 0 Å². The normalized spacial score (nSPS) is 17.0. The maximum atomic E-state index is 12.6. The van der Waals surface area contributed by atoms with Gasteiger partial charge in [-0.05, 0) is 36.8 Å². The van der Waals surface area contributed by atoms with Crippen molar-refractivity contribution in [2.24, 2.45) is 0 Å². The standard InChI is InChI=1S/C18H19ClN2O4S/c1-12-7-8-16-15(11-12)21(26(2,23)24)10-9-17(25-16)18(22)20-14-6-4-3-5-13(14)19/h3-8,11,17H,9-10H2,1-2H3,(H,20,22). The molecule has 1 aliphatic heterocycles. The molecule has 0 aliphatic carbocycles. The number of fused-ring (bicyclic) bond motifs is 1. The van der Waals surface area contributed by atoms with Gasteiger partial charge in [-0.3, -0.25) is 9.10 Å². The summed E-state index contributed by atoms with van der Waals surface area (Å²) >= 11 is 6.08. The molecule has 0 radical (unpaired) electrons. The summed E-state index contributed by atoms with van der Waals surface area (Å²) in [6.07, 6.45) is 0.528. The van der Waals surface area contributed by atoms with Crippen molar-refractivity contribution in [1.29, 1.82) is 0 Å². The molecule has 2 aromatic carbocycles. The molecular weight excluding hydrogens is 376 g/mol. The smallest absolute Gasteiger partial charge is 0.265 e. The molecule has 138 valence electrons. The highest BCUT2D eigenvalue weighted by Gasteiger charge is 2.31. The van der Waals surface area contributed by atoms with Crippen LogP contribution < -0.4 is 14.4 Å². The van der Waals surface area contributed by atoms with Gasteiger partial charge < -0.3 is 10.1 Å². The second-order valence-corrected chi connectivity index (χ2v) is 8.48. The zero-order chi connectivity index (χ0) is 18.9. The molecule has 8 heteroatoms. The number of amides is 1. The number of ether oxygens (including phenoxy) is 1. The number of carbonyl (C=O) groups is 1. The van der Waals surface area contributed by atoms with Crippen LogP contribution in [0.2, 0.25) is 5.02 Å². The second kappa shape index (κ2) is 7.17. The van der Waals surface area contributed by atoms with E-state index < -0.39 is 16.1 Å². The molecule has 0 saturated heterocycles. The van der Waals surface area contributed by atoms with E-state index in [4.69, 9.17) is 16.3 Å². The number of rotatable bonds is 3. The maximum absolute atomic E-state index is 12.6. The Morgan fingerprint density at radius 3 is 2.69 bits per heavy atom. The summed E-state index contributed by atoms with van der Waals surface area (Å²) in [6, 6.07) is 12.1. The Balaban J connectivity index is 1.89. The first-order valence-corrected chi connectivity index (χ1v) is 10.3. The third-order valence-electron chi connectivity index (χ3n) is 4.07. The Morgan fingerprint density at radius 2 is 2.00 bits per heavy atom. The first-order valence-electron chi connectivity index (χ1n) is 8.06. The van der Waals surface area contributed by atoms with E-state index in [-0.39, 0.29) is 18.9 Å². The molecule has 1 atom stereocenters. The predicted molar refractivity (Wildman–Crippen MR) is 102 cm³/mol. The quantitative estimate of drug-likeness (QED) is 0.867. The molecule has 0 spiro atoms. The number of nitrogens with zero attached hydrogens (tertiary/aromatic N) is 1. The molecule has 26 heavy (non-hydrogen) atoms. The topological polar surface area (TPSA) is 75.7 Å². The Morgan fingerprint density at radius 1 is 1.27 bits per heavy atom. The van der Waals surface area contributed by atoms with Gasteiger partial charge >= 0.3 is 0 Å². The van der Waals surface area contributed by atoms with Crippen molar-refractivity contribution in [3.8, 4) is 5.75 Å². The summed E-state index contributed by atoms with van der Waals surface area (Å²) in [5.41, 5.74) is 1.83. The monoisotopic (exact) mass is 394 g/mol. The van der Waals surface area contributed by atoms with Gasteiger partial charge in [0, 0.05) is 13.0 Å². The molecule has 0 bridgehead atoms. The van der Waals surface area contributed by atoms with Crippen LogP contribution in [0, 0.1) is 6.92 Å².